The second-order valence-corrected chi connectivity index (χ2v) is 3.23. The highest BCUT2D eigenvalue weighted by Gasteiger charge is 2.08. The molecule has 3 N–H and O–H groups in total. The van der Waals surface area contributed by atoms with Crippen LogP contribution < -0.4 is 10.5 Å². The lowest BCUT2D eigenvalue weighted by Crippen LogP contribution is -2.02. The van der Waals surface area contributed by atoms with Crippen molar-refractivity contribution in [3.8, 4) is 11.5 Å². The number of ether oxygens (including phenoxy) is 1. The normalized spacial score (nSPS) is 10.0. The second kappa shape index (κ2) is 5.36. The lowest BCUT2D eigenvalue weighted by atomic mass is 10.0. The Balaban J connectivity index is 3.05. The molecule has 15 heavy (non-hydrogen) atoms. The minimum absolute atomic E-state index is 0.0175. The lowest BCUT2D eigenvalue weighted by molar-refractivity contribution is 0.112. The van der Waals surface area contributed by atoms with Gasteiger partial charge in [0.25, 0.3) is 0 Å². The molecule has 0 heterocycles. The van der Waals surface area contributed by atoms with Crippen molar-refractivity contribution in [2.24, 2.45) is 5.73 Å². The average Bonchev–Trinajstić information content (AvgIpc) is 2.26. The molecule has 0 aromatic heterocycles. The number of carbonyl (C=O) groups excluding carboxylic acids is 1. The van der Waals surface area contributed by atoms with Crippen LogP contribution in [0.15, 0.2) is 12.1 Å². The standard InChI is InChI=1S/C11H15NO3/c1-15-11-6-8(3-2-4-12)9(7-13)5-10(11)14/h5-7,14H,2-4,12H2,1H3. The first-order chi connectivity index (χ1) is 7.22. The van der Waals surface area contributed by atoms with Crippen LogP contribution in [0.3, 0.4) is 0 Å². The molecule has 0 aliphatic carbocycles. The number of benzene rings is 1. The first kappa shape index (κ1) is 11.5. The maximum atomic E-state index is 10.8. The molecule has 1 rings (SSSR count). The van der Waals surface area contributed by atoms with Gasteiger partial charge in [0.1, 0.15) is 6.29 Å². The van der Waals surface area contributed by atoms with E-state index in [9.17, 15) is 9.90 Å². The van der Waals surface area contributed by atoms with Gasteiger partial charge in [0, 0.05) is 5.56 Å². The Morgan fingerprint density at radius 3 is 2.80 bits per heavy atom. The molecule has 0 bridgehead atoms. The molecule has 0 fully saturated rings. The van der Waals surface area contributed by atoms with E-state index in [2.05, 4.69) is 0 Å². The zero-order valence-corrected chi connectivity index (χ0v) is 8.69. The van der Waals surface area contributed by atoms with Crippen molar-refractivity contribution >= 4 is 6.29 Å². The predicted octanol–water partition coefficient (Wildman–Crippen LogP) is 1.10. The number of rotatable bonds is 5. The average molecular weight is 209 g/mol. The molecule has 0 atom stereocenters. The van der Waals surface area contributed by atoms with E-state index < -0.39 is 0 Å². The monoisotopic (exact) mass is 209 g/mol. The maximum absolute atomic E-state index is 10.8. The van der Waals surface area contributed by atoms with E-state index in [0.717, 1.165) is 18.3 Å². The van der Waals surface area contributed by atoms with Crippen molar-refractivity contribution in [1.82, 2.24) is 0 Å². The van der Waals surface area contributed by atoms with Crippen LogP contribution >= 0.6 is 0 Å². The first-order valence-corrected chi connectivity index (χ1v) is 4.78. The van der Waals surface area contributed by atoms with Gasteiger partial charge < -0.3 is 15.6 Å². The summed E-state index contributed by atoms with van der Waals surface area (Å²) in [5.41, 5.74) is 6.74. The Morgan fingerprint density at radius 1 is 1.53 bits per heavy atom. The van der Waals surface area contributed by atoms with Gasteiger partial charge in [0.15, 0.2) is 11.5 Å². The Kier molecular flexibility index (Phi) is 4.12. The topological polar surface area (TPSA) is 72.5 Å². The third kappa shape index (κ3) is 2.70. The van der Waals surface area contributed by atoms with Crippen LogP contribution in [0, 0.1) is 0 Å². The number of phenols is 1. The summed E-state index contributed by atoms with van der Waals surface area (Å²) in [7, 11) is 1.47. The van der Waals surface area contributed by atoms with E-state index in [1.807, 2.05) is 0 Å². The summed E-state index contributed by atoms with van der Waals surface area (Å²) in [6, 6.07) is 3.09. The predicted molar refractivity (Wildman–Crippen MR) is 57.4 cm³/mol. The number of carbonyl (C=O) groups is 1. The number of aldehydes is 1. The van der Waals surface area contributed by atoms with Gasteiger partial charge in [-0.15, -0.1) is 0 Å². The molecule has 0 saturated carbocycles. The minimum atomic E-state index is -0.0175. The molecule has 4 nitrogen and oxygen atoms in total. The van der Waals surface area contributed by atoms with Crippen LogP contribution in [0.25, 0.3) is 0 Å². The minimum Gasteiger partial charge on any atom is -0.504 e. The number of methoxy groups -OCH3 is 1. The van der Waals surface area contributed by atoms with Crippen molar-refractivity contribution in [2.75, 3.05) is 13.7 Å². The fraction of sp³-hybridized carbons (Fsp3) is 0.364. The van der Waals surface area contributed by atoms with E-state index >= 15 is 0 Å². The van der Waals surface area contributed by atoms with Crippen molar-refractivity contribution < 1.29 is 14.6 Å². The highest BCUT2D eigenvalue weighted by molar-refractivity contribution is 5.79. The Hall–Kier alpha value is -1.55. The number of hydrogen-bond acceptors (Lipinski definition) is 4. The highest BCUT2D eigenvalue weighted by atomic mass is 16.5. The molecule has 1 aromatic carbocycles. The Morgan fingerprint density at radius 2 is 2.27 bits per heavy atom. The number of aromatic hydroxyl groups is 1. The van der Waals surface area contributed by atoms with Gasteiger partial charge in [-0.25, -0.2) is 0 Å². The van der Waals surface area contributed by atoms with Crippen LogP contribution in [0.1, 0.15) is 22.3 Å². The maximum Gasteiger partial charge on any atom is 0.160 e. The van der Waals surface area contributed by atoms with Gasteiger partial charge in [-0.3, -0.25) is 4.79 Å². The third-order valence-corrected chi connectivity index (χ3v) is 2.22. The lowest BCUT2D eigenvalue weighted by Gasteiger charge is -2.09. The Labute approximate surface area is 88.7 Å². The molecule has 0 radical (unpaired) electrons. The van der Waals surface area contributed by atoms with E-state index in [4.69, 9.17) is 10.5 Å². The quantitative estimate of drug-likeness (QED) is 0.712. The molecular weight excluding hydrogens is 194 g/mol. The fourth-order valence-corrected chi connectivity index (χ4v) is 1.41. The molecule has 0 amide bonds. The van der Waals surface area contributed by atoms with Crippen LogP contribution in [0.4, 0.5) is 0 Å². The molecule has 0 aliphatic heterocycles. The second-order valence-electron chi connectivity index (χ2n) is 3.23. The molecule has 0 aliphatic rings. The van der Waals surface area contributed by atoms with Gasteiger partial charge in [-0.1, -0.05) is 0 Å². The smallest absolute Gasteiger partial charge is 0.160 e. The number of aryl methyl sites for hydroxylation is 1. The zero-order valence-electron chi connectivity index (χ0n) is 8.69. The molecule has 0 saturated heterocycles. The molecule has 0 spiro atoms. The summed E-state index contributed by atoms with van der Waals surface area (Å²) in [6.07, 6.45) is 2.24. The van der Waals surface area contributed by atoms with Crippen molar-refractivity contribution in [3.63, 3.8) is 0 Å². The molecule has 4 heteroatoms. The third-order valence-electron chi connectivity index (χ3n) is 2.22. The molecule has 0 unspecified atom stereocenters. The van der Waals surface area contributed by atoms with E-state index in [0.29, 0.717) is 24.3 Å². The summed E-state index contributed by atoms with van der Waals surface area (Å²) in [5, 5.41) is 9.46. The van der Waals surface area contributed by atoms with Gasteiger partial charge >= 0.3 is 0 Å². The van der Waals surface area contributed by atoms with Crippen LogP contribution in [-0.4, -0.2) is 25.0 Å². The number of nitrogens with two attached hydrogens (primary N) is 1. The van der Waals surface area contributed by atoms with Gasteiger partial charge in [-0.2, -0.15) is 0 Å². The summed E-state index contributed by atoms with van der Waals surface area (Å²) in [6.45, 7) is 0.571. The summed E-state index contributed by atoms with van der Waals surface area (Å²) in [5.74, 6) is 0.365. The fourth-order valence-electron chi connectivity index (χ4n) is 1.41. The highest BCUT2D eigenvalue weighted by Crippen LogP contribution is 2.29. The molecular formula is C11H15NO3. The Bertz CT molecular complexity index is 350. The largest absolute Gasteiger partial charge is 0.504 e. The van der Waals surface area contributed by atoms with Gasteiger partial charge in [0.2, 0.25) is 0 Å². The van der Waals surface area contributed by atoms with Crippen molar-refractivity contribution in [1.29, 1.82) is 0 Å². The van der Waals surface area contributed by atoms with Crippen molar-refractivity contribution in [3.05, 3.63) is 23.3 Å². The van der Waals surface area contributed by atoms with Gasteiger partial charge in [0.05, 0.1) is 7.11 Å². The van der Waals surface area contributed by atoms with Crippen LogP contribution in [0.5, 0.6) is 11.5 Å². The molecule has 82 valence electrons. The first-order valence-electron chi connectivity index (χ1n) is 4.78. The van der Waals surface area contributed by atoms with E-state index in [1.54, 1.807) is 6.07 Å². The summed E-state index contributed by atoms with van der Waals surface area (Å²) >= 11 is 0. The van der Waals surface area contributed by atoms with Crippen LogP contribution in [0.2, 0.25) is 0 Å². The number of hydrogen-bond donors (Lipinski definition) is 2. The zero-order chi connectivity index (χ0) is 11.3. The summed E-state index contributed by atoms with van der Waals surface area (Å²) in [4.78, 5) is 10.8. The van der Waals surface area contributed by atoms with Gasteiger partial charge in [-0.05, 0) is 37.1 Å². The number of phenolic OH excluding ortho intramolecular Hbond substituents is 1. The molecule has 1 aromatic rings. The van der Waals surface area contributed by atoms with Crippen molar-refractivity contribution in [2.45, 2.75) is 12.8 Å². The van der Waals surface area contributed by atoms with E-state index in [-0.39, 0.29) is 5.75 Å². The van der Waals surface area contributed by atoms with Crippen LogP contribution in [-0.2, 0) is 6.42 Å². The van der Waals surface area contributed by atoms with E-state index in [1.165, 1.54) is 13.2 Å². The SMILES string of the molecule is COc1cc(CCCN)c(C=O)cc1O. The summed E-state index contributed by atoms with van der Waals surface area (Å²) < 4.78 is 4.97.